The summed E-state index contributed by atoms with van der Waals surface area (Å²) in [7, 11) is 0. The third-order valence-electron chi connectivity index (χ3n) is 2.72. The first-order valence-corrected chi connectivity index (χ1v) is 6.70. The molecule has 0 saturated heterocycles. The van der Waals surface area contributed by atoms with Gasteiger partial charge in [-0.1, -0.05) is 29.8 Å². The van der Waals surface area contributed by atoms with E-state index in [0.717, 1.165) is 23.6 Å². The second-order valence-electron chi connectivity index (χ2n) is 3.85. The maximum absolute atomic E-state index is 6.02. The lowest BCUT2D eigenvalue weighted by atomic mass is 10.2. The van der Waals surface area contributed by atoms with E-state index >= 15 is 0 Å². The quantitative estimate of drug-likeness (QED) is 0.759. The van der Waals surface area contributed by atoms with Gasteiger partial charge in [0.15, 0.2) is 0 Å². The van der Waals surface area contributed by atoms with Gasteiger partial charge < -0.3 is 4.90 Å². The van der Waals surface area contributed by atoms with Gasteiger partial charge >= 0.3 is 0 Å². The molecule has 0 bridgehead atoms. The molecule has 18 heavy (non-hydrogen) atoms. The molecule has 0 aliphatic rings. The normalized spacial score (nSPS) is 10.4. The van der Waals surface area contributed by atoms with E-state index in [9.17, 15) is 0 Å². The summed E-state index contributed by atoms with van der Waals surface area (Å²) in [5.41, 5.74) is 2.01. The number of nitrogens with zero attached hydrogens (tertiary/aromatic N) is 2. The zero-order valence-electron chi connectivity index (χ0n) is 10.1. The van der Waals surface area contributed by atoms with E-state index in [4.69, 9.17) is 23.2 Å². The van der Waals surface area contributed by atoms with Crippen molar-refractivity contribution < 1.29 is 0 Å². The number of hydrogen-bond acceptors (Lipinski definition) is 2. The minimum atomic E-state index is 0.390. The van der Waals surface area contributed by atoms with Crippen LogP contribution in [0, 0.1) is 0 Å². The van der Waals surface area contributed by atoms with Gasteiger partial charge in [0, 0.05) is 24.3 Å². The van der Waals surface area contributed by atoms with Gasteiger partial charge in [0.25, 0.3) is 0 Å². The van der Waals surface area contributed by atoms with E-state index in [2.05, 4.69) is 28.9 Å². The number of rotatable bonds is 4. The second kappa shape index (κ2) is 6.07. The Labute approximate surface area is 117 Å². The highest BCUT2D eigenvalue weighted by Crippen LogP contribution is 2.27. The Morgan fingerprint density at radius 1 is 1.22 bits per heavy atom. The average Bonchev–Trinajstić information content (AvgIpc) is 2.42. The van der Waals surface area contributed by atoms with Crippen molar-refractivity contribution in [2.75, 3.05) is 11.4 Å². The molecular formula is C14H14Cl2N2. The molecule has 1 aromatic heterocycles. The van der Waals surface area contributed by atoms with Crippen LogP contribution in [0.1, 0.15) is 12.5 Å². The predicted molar refractivity (Wildman–Crippen MR) is 77.9 cm³/mol. The Bertz CT molecular complexity index is 514. The summed E-state index contributed by atoms with van der Waals surface area (Å²) in [4.78, 5) is 6.49. The van der Waals surface area contributed by atoms with E-state index < -0.39 is 0 Å². The fourth-order valence-corrected chi connectivity index (χ4v) is 2.26. The van der Waals surface area contributed by atoms with Crippen molar-refractivity contribution in [1.29, 1.82) is 0 Å². The average molecular weight is 281 g/mol. The van der Waals surface area contributed by atoms with Gasteiger partial charge in [-0.05, 0) is 30.7 Å². The number of para-hydroxylation sites is 1. The molecule has 0 fully saturated rings. The van der Waals surface area contributed by atoms with Crippen molar-refractivity contribution in [1.82, 2.24) is 4.98 Å². The molecule has 94 valence electrons. The van der Waals surface area contributed by atoms with E-state index in [1.807, 2.05) is 24.3 Å². The first-order chi connectivity index (χ1) is 8.76. The maximum Gasteiger partial charge on any atom is 0.133 e. The van der Waals surface area contributed by atoms with Crippen molar-refractivity contribution in [3.8, 4) is 0 Å². The molecule has 2 aromatic rings. The molecule has 0 spiro atoms. The molecule has 0 unspecified atom stereocenters. The Hall–Kier alpha value is -1.25. The van der Waals surface area contributed by atoms with Gasteiger partial charge in [-0.2, -0.15) is 0 Å². The zero-order valence-corrected chi connectivity index (χ0v) is 11.6. The SMILES string of the molecule is CCN(c1ccccc1)c1cc(CCl)c(Cl)cn1. The van der Waals surface area contributed by atoms with Gasteiger partial charge in [-0.15, -0.1) is 11.6 Å². The van der Waals surface area contributed by atoms with E-state index in [1.165, 1.54) is 0 Å². The Balaban J connectivity index is 2.39. The Morgan fingerprint density at radius 3 is 2.56 bits per heavy atom. The first kappa shape index (κ1) is 13.2. The standard InChI is InChI=1S/C14H14Cl2N2/c1-2-18(12-6-4-3-5-7-12)14-8-11(9-15)13(16)10-17-14/h3-8,10H,2,9H2,1H3. The monoisotopic (exact) mass is 280 g/mol. The fraction of sp³-hybridized carbons (Fsp3) is 0.214. The molecule has 2 rings (SSSR count). The van der Waals surface area contributed by atoms with Gasteiger partial charge in [0.1, 0.15) is 5.82 Å². The van der Waals surface area contributed by atoms with Crippen LogP contribution in [-0.2, 0) is 5.88 Å². The van der Waals surface area contributed by atoms with Crippen LogP contribution in [0.25, 0.3) is 0 Å². The third kappa shape index (κ3) is 2.77. The lowest BCUT2D eigenvalue weighted by molar-refractivity contribution is 0.986. The van der Waals surface area contributed by atoms with E-state index in [-0.39, 0.29) is 0 Å². The molecule has 0 saturated carbocycles. The van der Waals surface area contributed by atoms with Crippen molar-refractivity contribution in [3.05, 3.63) is 53.2 Å². The summed E-state index contributed by atoms with van der Waals surface area (Å²) in [5, 5.41) is 0.609. The number of pyridine rings is 1. The molecule has 0 aliphatic carbocycles. The molecule has 4 heteroatoms. The molecule has 2 nitrogen and oxygen atoms in total. The molecular weight excluding hydrogens is 267 g/mol. The number of hydrogen-bond donors (Lipinski definition) is 0. The molecule has 0 aliphatic heterocycles. The highest BCUT2D eigenvalue weighted by Gasteiger charge is 2.10. The maximum atomic E-state index is 6.02. The lowest BCUT2D eigenvalue weighted by Crippen LogP contribution is -2.17. The summed E-state index contributed by atoms with van der Waals surface area (Å²) >= 11 is 11.9. The van der Waals surface area contributed by atoms with Crippen LogP contribution >= 0.6 is 23.2 Å². The highest BCUT2D eigenvalue weighted by atomic mass is 35.5. The van der Waals surface area contributed by atoms with Crippen molar-refractivity contribution in [3.63, 3.8) is 0 Å². The molecule has 0 atom stereocenters. The topological polar surface area (TPSA) is 16.1 Å². The van der Waals surface area contributed by atoms with Gasteiger partial charge in [-0.3, -0.25) is 0 Å². The largest absolute Gasteiger partial charge is 0.327 e. The van der Waals surface area contributed by atoms with Crippen LogP contribution in [0.3, 0.4) is 0 Å². The van der Waals surface area contributed by atoms with E-state index in [1.54, 1.807) is 6.20 Å². The van der Waals surface area contributed by atoms with Crippen LogP contribution in [0.2, 0.25) is 5.02 Å². The summed E-state index contributed by atoms with van der Waals surface area (Å²) in [6.45, 7) is 2.92. The number of halogens is 2. The zero-order chi connectivity index (χ0) is 13.0. The smallest absolute Gasteiger partial charge is 0.133 e. The highest BCUT2D eigenvalue weighted by molar-refractivity contribution is 6.32. The predicted octanol–water partition coefficient (Wildman–Crippen LogP) is 4.63. The van der Waals surface area contributed by atoms with Crippen LogP contribution < -0.4 is 4.90 Å². The van der Waals surface area contributed by atoms with Crippen molar-refractivity contribution in [2.24, 2.45) is 0 Å². The molecule has 0 amide bonds. The van der Waals surface area contributed by atoms with E-state index in [0.29, 0.717) is 10.9 Å². The lowest BCUT2D eigenvalue weighted by Gasteiger charge is -2.22. The minimum Gasteiger partial charge on any atom is -0.327 e. The van der Waals surface area contributed by atoms with Gasteiger partial charge in [-0.25, -0.2) is 4.98 Å². The van der Waals surface area contributed by atoms with Crippen LogP contribution in [0.15, 0.2) is 42.6 Å². The fourth-order valence-electron chi connectivity index (χ4n) is 1.80. The number of aromatic nitrogens is 1. The molecule has 1 heterocycles. The van der Waals surface area contributed by atoms with Crippen LogP contribution in [0.4, 0.5) is 11.5 Å². The Kier molecular flexibility index (Phi) is 4.45. The van der Waals surface area contributed by atoms with Crippen LogP contribution in [-0.4, -0.2) is 11.5 Å². The van der Waals surface area contributed by atoms with Crippen molar-refractivity contribution in [2.45, 2.75) is 12.8 Å². The third-order valence-corrected chi connectivity index (χ3v) is 3.35. The molecule has 0 N–H and O–H groups in total. The number of benzene rings is 1. The summed E-state index contributed by atoms with van der Waals surface area (Å²) < 4.78 is 0. The first-order valence-electron chi connectivity index (χ1n) is 5.79. The van der Waals surface area contributed by atoms with Crippen molar-refractivity contribution >= 4 is 34.7 Å². The minimum absolute atomic E-state index is 0.390. The molecule has 0 radical (unpaired) electrons. The summed E-state index contributed by atoms with van der Waals surface area (Å²) in [6.07, 6.45) is 1.65. The molecule has 1 aromatic carbocycles. The van der Waals surface area contributed by atoms with Gasteiger partial charge in [0.2, 0.25) is 0 Å². The summed E-state index contributed by atoms with van der Waals surface area (Å²) in [6, 6.07) is 12.1. The summed E-state index contributed by atoms with van der Waals surface area (Å²) in [5.74, 6) is 1.25. The number of anilines is 2. The Morgan fingerprint density at radius 2 is 1.94 bits per heavy atom. The number of alkyl halides is 1. The van der Waals surface area contributed by atoms with Crippen LogP contribution in [0.5, 0.6) is 0 Å². The van der Waals surface area contributed by atoms with Gasteiger partial charge in [0.05, 0.1) is 5.02 Å². The second-order valence-corrected chi connectivity index (χ2v) is 4.52.